The fourth-order valence-corrected chi connectivity index (χ4v) is 2.64. The number of aromatic hydroxyl groups is 2. The summed E-state index contributed by atoms with van der Waals surface area (Å²) in [6.45, 7) is 6.34. The van der Waals surface area contributed by atoms with Crippen molar-refractivity contribution in [3.8, 4) is 11.5 Å². The third-order valence-electron chi connectivity index (χ3n) is 3.22. The van der Waals surface area contributed by atoms with E-state index in [-0.39, 0.29) is 16.9 Å². The molecule has 0 spiro atoms. The summed E-state index contributed by atoms with van der Waals surface area (Å²) in [5, 5.41) is 21.6. The molecule has 0 bridgehead atoms. The van der Waals surface area contributed by atoms with Crippen LogP contribution in [0.4, 0.5) is 0 Å². The van der Waals surface area contributed by atoms with Crippen LogP contribution in [0.1, 0.15) is 26.3 Å². The van der Waals surface area contributed by atoms with E-state index in [0.29, 0.717) is 10.6 Å². The van der Waals surface area contributed by atoms with Gasteiger partial charge in [-0.1, -0.05) is 39.0 Å². The number of hydrogen-bond acceptors (Lipinski definition) is 3. The molecule has 0 aliphatic carbocycles. The van der Waals surface area contributed by atoms with Crippen LogP contribution >= 0.6 is 0 Å². The summed E-state index contributed by atoms with van der Waals surface area (Å²) in [5.74, 6) is -0.000137. The smallest absolute Gasteiger partial charge is 0.196 e. The molecule has 0 aliphatic rings. The topological polar surface area (TPSA) is 60.7 Å². The van der Waals surface area contributed by atoms with Crippen LogP contribution in [0.15, 0.2) is 24.3 Å². The highest BCUT2D eigenvalue weighted by Gasteiger charge is 2.16. The maximum absolute atomic E-state index is 10.0. The Labute approximate surface area is 109 Å². The molecule has 0 fully saturated rings. The second kappa shape index (κ2) is 4.30. The summed E-state index contributed by atoms with van der Waals surface area (Å²) < 4.78 is 0. The fourth-order valence-electron chi connectivity index (χ4n) is 2.04. The average Bonchev–Trinajstić information content (AvgIpc) is 2.27. The van der Waals surface area contributed by atoms with Crippen LogP contribution < -0.4 is 5.19 Å². The molecule has 2 rings (SSSR count). The summed E-state index contributed by atoms with van der Waals surface area (Å²) in [7, 11) is -1.59. The molecule has 0 atom stereocenters. The highest BCUT2D eigenvalue weighted by atomic mass is 28.2. The van der Waals surface area contributed by atoms with Gasteiger partial charge in [0, 0.05) is 10.6 Å². The summed E-state index contributed by atoms with van der Waals surface area (Å²) >= 11 is 0. The number of hydrogen-bond donors (Lipinski definition) is 3. The first kappa shape index (κ1) is 12.9. The minimum absolute atomic E-state index is 0.0135. The van der Waals surface area contributed by atoms with Crippen molar-refractivity contribution in [2.45, 2.75) is 26.2 Å². The largest absolute Gasteiger partial charge is 0.508 e. The Morgan fingerprint density at radius 1 is 1.06 bits per heavy atom. The zero-order valence-corrected chi connectivity index (χ0v) is 12.3. The molecular weight excluding hydrogens is 244 g/mol. The van der Waals surface area contributed by atoms with Crippen LogP contribution in [0.25, 0.3) is 10.8 Å². The normalized spacial score (nSPS) is 12.7. The molecule has 0 aromatic heterocycles. The van der Waals surface area contributed by atoms with E-state index in [9.17, 15) is 15.0 Å². The van der Waals surface area contributed by atoms with Gasteiger partial charge in [-0.3, -0.25) is 0 Å². The molecule has 0 saturated carbocycles. The van der Waals surface area contributed by atoms with Crippen LogP contribution in [-0.4, -0.2) is 24.8 Å². The Hall–Kier alpha value is -1.52. The van der Waals surface area contributed by atoms with Crippen LogP contribution in [0.5, 0.6) is 11.5 Å². The van der Waals surface area contributed by atoms with Gasteiger partial charge in [0.15, 0.2) is 9.76 Å². The van der Waals surface area contributed by atoms with Gasteiger partial charge < -0.3 is 15.0 Å². The Morgan fingerprint density at radius 3 is 2.28 bits per heavy atom. The molecule has 0 aliphatic heterocycles. The van der Waals surface area contributed by atoms with E-state index in [1.165, 1.54) is 0 Å². The van der Waals surface area contributed by atoms with Gasteiger partial charge in [-0.2, -0.15) is 0 Å². The van der Waals surface area contributed by atoms with Crippen molar-refractivity contribution in [3.63, 3.8) is 0 Å². The van der Waals surface area contributed by atoms with E-state index in [1.807, 2.05) is 18.2 Å². The molecular formula is C14H18O3Si. The standard InChI is InChI=1S/C14H18O3Si/c1-14(2,3)9-4-5-10-8(6-9)7-11(15)13(18-17)12(10)16/h4-7,15-17H,18H2,1-3H3. The van der Waals surface area contributed by atoms with Gasteiger partial charge in [0.05, 0.1) is 0 Å². The van der Waals surface area contributed by atoms with Gasteiger partial charge in [0.1, 0.15) is 11.5 Å². The Balaban J connectivity index is 2.74. The Kier molecular flexibility index (Phi) is 3.08. The maximum atomic E-state index is 10.0. The van der Waals surface area contributed by atoms with Gasteiger partial charge in [-0.15, -0.1) is 0 Å². The summed E-state index contributed by atoms with van der Waals surface area (Å²) in [4.78, 5) is 9.26. The Bertz CT molecular complexity index is 600. The third kappa shape index (κ3) is 2.09. The molecule has 3 N–H and O–H groups in total. The number of phenols is 2. The van der Waals surface area contributed by atoms with Crippen LogP contribution in [0, 0.1) is 0 Å². The fraction of sp³-hybridized carbons (Fsp3) is 0.286. The lowest BCUT2D eigenvalue weighted by molar-refractivity contribution is 0.460. The SMILES string of the molecule is CC(C)(C)c1ccc2c(O)c([SiH2]O)c(O)cc2c1. The Morgan fingerprint density at radius 2 is 1.72 bits per heavy atom. The first-order valence-electron chi connectivity index (χ1n) is 5.93. The lowest BCUT2D eigenvalue weighted by Crippen LogP contribution is -2.15. The van der Waals surface area contributed by atoms with Gasteiger partial charge in [-0.25, -0.2) is 0 Å². The molecule has 0 saturated heterocycles. The number of benzene rings is 2. The van der Waals surface area contributed by atoms with E-state index in [2.05, 4.69) is 20.8 Å². The van der Waals surface area contributed by atoms with Gasteiger partial charge in [-0.05, 0) is 22.4 Å². The predicted molar refractivity (Wildman–Crippen MR) is 76.4 cm³/mol. The number of fused-ring (bicyclic) bond motifs is 1. The molecule has 2 aromatic carbocycles. The van der Waals surface area contributed by atoms with Crippen molar-refractivity contribution in [3.05, 3.63) is 29.8 Å². The van der Waals surface area contributed by atoms with Crippen LogP contribution in [0.3, 0.4) is 0 Å². The minimum atomic E-state index is -1.59. The van der Waals surface area contributed by atoms with E-state index in [4.69, 9.17) is 0 Å². The molecule has 0 radical (unpaired) electrons. The first-order chi connectivity index (χ1) is 8.34. The minimum Gasteiger partial charge on any atom is -0.508 e. The molecule has 0 amide bonds. The molecule has 0 heterocycles. The quantitative estimate of drug-likeness (QED) is 0.678. The van der Waals surface area contributed by atoms with Crippen molar-refractivity contribution in [1.29, 1.82) is 0 Å². The van der Waals surface area contributed by atoms with Crippen molar-refractivity contribution < 1.29 is 15.0 Å². The van der Waals surface area contributed by atoms with E-state index in [1.54, 1.807) is 6.07 Å². The zero-order chi connectivity index (χ0) is 13.5. The molecule has 18 heavy (non-hydrogen) atoms. The van der Waals surface area contributed by atoms with Gasteiger partial charge >= 0.3 is 0 Å². The highest BCUT2D eigenvalue weighted by molar-refractivity contribution is 6.49. The molecule has 0 unspecified atom stereocenters. The van der Waals surface area contributed by atoms with Crippen molar-refractivity contribution in [2.75, 3.05) is 0 Å². The second-order valence-electron chi connectivity index (χ2n) is 5.57. The van der Waals surface area contributed by atoms with Crippen molar-refractivity contribution in [2.24, 2.45) is 0 Å². The lowest BCUT2D eigenvalue weighted by atomic mass is 9.86. The van der Waals surface area contributed by atoms with Gasteiger partial charge in [0.2, 0.25) is 0 Å². The van der Waals surface area contributed by atoms with E-state index in [0.717, 1.165) is 10.9 Å². The second-order valence-corrected chi connectivity index (χ2v) is 6.59. The average molecular weight is 262 g/mol. The van der Waals surface area contributed by atoms with Crippen LogP contribution in [-0.2, 0) is 5.41 Å². The number of rotatable bonds is 1. The highest BCUT2D eigenvalue weighted by Crippen LogP contribution is 2.31. The van der Waals surface area contributed by atoms with Gasteiger partial charge in [0.25, 0.3) is 0 Å². The van der Waals surface area contributed by atoms with E-state index >= 15 is 0 Å². The van der Waals surface area contributed by atoms with Crippen LogP contribution in [0.2, 0.25) is 0 Å². The monoisotopic (exact) mass is 262 g/mol. The first-order valence-corrected chi connectivity index (χ1v) is 7.27. The molecule has 4 heteroatoms. The summed E-state index contributed by atoms with van der Waals surface area (Å²) in [6.07, 6.45) is 0. The van der Waals surface area contributed by atoms with Crippen molar-refractivity contribution in [1.82, 2.24) is 0 Å². The van der Waals surface area contributed by atoms with Crippen molar-refractivity contribution >= 4 is 25.7 Å². The molecule has 96 valence electrons. The number of phenolic OH excluding ortho intramolecular Hbond substituents is 2. The van der Waals surface area contributed by atoms with E-state index < -0.39 is 9.76 Å². The summed E-state index contributed by atoms with van der Waals surface area (Å²) in [5.41, 5.74) is 1.16. The maximum Gasteiger partial charge on any atom is 0.196 e. The molecule has 2 aromatic rings. The lowest BCUT2D eigenvalue weighted by Gasteiger charge is -2.20. The predicted octanol–water partition coefficient (Wildman–Crippen LogP) is 1.25. The zero-order valence-electron chi connectivity index (χ0n) is 10.9. The molecule has 3 nitrogen and oxygen atoms in total. The third-order valence-corrected chi connectivity index (χ3v) is 4.23. The summed E-state index contributed by atoms with van der Waals surface area (Å²) in [6, 6.07) is 7.40.